The number of carbonyl (C=O) groups is 1. The lowest BCUT2D eigenvalue weighted by molar-refractivity contribution is -0.127. The van der Waals surface area contributed by atoms with Crippen molar-refractivity contribution in [3.8, 4) is 5.75 Å². The molecule has 0 spiro atoms. The Morgan fingerprint density at radius 3 is 2.90 bits per heavy atom. The number of carbonyl (C=O) groups excluding carboxylic acids is 1. The predicted octanol–water partition coefficient (Wildman–Crippen LogP) is 2.41. The molecule has 1 atom stereocenters. The van der Waals surface area contributed by atoms with Gasteiger partial charge in [0.15, 0.2) is 0 Å². The number of nitrogens with zero attached hydrogens (tertiary/aromatic N) is 1. The van der Waals surface area contributed by atoms with Crippen molar-refractivity contribution in [3.05, 3.63) is 24.3 Å². The molecule has 1 amide bonds. The van der Waals surface area contributed by atoms with Gasteiger partial charge in [-0.2, -0.15) is 0 Å². The van der Waals surface area contributed by atoms with Crippen molar-refractivity contribution in [3.63, 3.8) is 0 Å². The largest absolute Gasteiger partial charge is 0.497 e. The number of thioether (sulfide) groups is 1. The summed E-state index contributed by atoms with van der Waals surface area (Å²) >= 11 is 1.52. The number of likely N-dealkylation sites (tertiary alicyclic amines) is 1. The van der Waals surface area contributed by atoms with E-state index in [1.165, 1.54) is 11.8 Å². The van der Waals surface area contributed by atoms with Gasteiger partial charge in [-0.3, -0.25) is 4.79 Å². The highest BCUT2D eigenvalue weighted by atomic mass is 32.2. The van der Waals surface area contributed by atoms with Crippen LogP contribution in [0, 0.1) is 5.92 Å². The summed E-state index contributed by atoms with van der Waals surface area (Å²) in [6.45, 7) is 5.03. The third-order valence-electron chi connectivity index (χ3n) is 3.94. The minimum Gasteiger partial charge on any atom is -0.497 e. The third kappa shape index (κ3) is 4.38. The van der Waals surface area contributed by atoms with Crippen LogP contribution in [0.25, 0.3) is 0 Å². The Balaban J connectivity index is 1.85. The maximum atomic E-state index is 12.2. The van der Waals surface area contributed by atoms with Crippen molar-refractivity contribution in [1.29, 1.82) is 0 Å². The number of amides is 1. The molecule has 0 saturated carbocycles. The van der Waals surface area contributed by atoms with E-state index in [0.29, 0.717) is 12.3 Å². The predicted molar refractivity (Wildman–Crippen MR) is 84.7 cm³/mol. The average molecular weight is 309 g/mol. The van der Waals surface area contributed by atoms with Crippen LogP contribution in [-0.4, -0.2) is 47.5 Å². The van der Waals surface area contributed by atoms with Gasteiger partial charge in [0.1, 0.15) is 5.75 Å². The Bertz CT molecular complexity index is 499. The average Bonchev–Trinajstić information content (AvgIpc) is 2.95. The fourth-order valence-corrected chi connectivity index (χ4v) is 3.34. The van der Waals surface area contributed by atoms with Crippen LogP contribution in [-0.2, 0) is 4.79 Å². The van der Waals surface area contributed by atoms with Crippen LogP contribution in [0.4, 0.5) is 0 Å². The summed E-state index contributed by atoms with van der Waals surface area (Å²) < 4.78 is 5.18. The van der Waals surface area contributed by atoms with Crippen LogP contribution in [0.3, 0.4) is 0 Å². The van der Waals surface area contributed by atoms with E-state index in [1.54, 1.807) is 7.11 Å². The molecule has 2 rings (SSSR count). The van der Waals surface area contributed by atoms with Gasteiger partial charge in [0, 0.05) is 23.9 Å². The minimum atomic E-state index is -0.713. The Kier molecular flexibility index (Phi) is 5.17. The van der Waals surface area contributed by atoms with Gasteiger partial charge in [-0.1, -0.05) is 6.07 Å². The number of hydrogen-bond donors (Lipinski definition) is 1. The summed E-state index contributed by atoms with van der Waals surface area (Å²) in [5.41, 5.74) is -0.713. The molecule has 0 radical (unpaired) electrons. The zero-order valence-electron chi connectivity index (χ0n) is 12.8. The number of hydrogen-bond acceptors (Lipinski definition) is 4. The number of benzene rings is 1. The smallest absolute Gasteiger partial charge is 0.232 e. The van der Waals surface area contributed by atoms with Crippen molar-refractivity contribution < 1.29 is 14.6 Å². The van der Waals surface area contributed by atoms with Crippen LogP contribution in [0.1, 0.15) is 20.3 Å². The summed E-state index contributed by atoms with van der Waals surface area (Å²) in [5.74, 6) is 1.53. The molecule has 116 valence electrons. The molecule has 4 nitrogen and oxygen atoms in total. The lowest BCUT2D eigenvalue weighted by Gasteiger charge is -2.25. The summed E-state index contributed by atoms with van der Waals surface area (Å²) in [5, 5.41) is 10.0. The van der Waals surface area contributed by atoms with Gasteiger partial charge in [0.25, 0.3) is 0 Å². The van der Waals surface area contributed by atoms with Crippen molar-refractivity contribution in [1.82, 2.24) is 4.90 Å². The van der Waals surface area contributed by atoms with Gasteiger partial charge in [-0.05, 0) is 38.5 Å². The molecule has 5 heteroatoms. The van der Waals surface area contributed by atoms with Crippen molar-refractivity contribution in [2.75, 3.05) is 26.0 Å². The third-order valence-corrected chi connectivity index (χ3v) is 4.92. The summed E-state index contributed by atoms with van der Waals surface area (Å²) in [6, 6.07) is 7.72. The van der Waals surface area contributed by atoms with Crippen LogP contribution in [0.2, 0.25) is 0 Å². The maximum absolute atomic E-state index is 12.2. The van der Waals surface area contributed by atoms with E-state index in [-0.39, 0.29) is 11.8 Å². The van der Waals surface area contributed by atoms with Crippen LogP contribution in [0.5, 0.6) is 5.75 Å². The van der Waals surface area contributed by atoms with E-state index in [2.05, 4.69) is 0 Å². The van der Waals surface area contributed by atoms with Crippen molar-refractivity contribution in [2.45, 2.75) is 30.8 Å². The molecule has 1 aliphatic rings. The number of ether oxygens (including phenoxy) is 1. The first kappa shape index (κ1) is 16.2. The second-order valence-electron chi connectivity index (χ2n) is 5.95. The number of rotatable bonds is 5. The van der Waals surface area contributed by atoms with Crippen LogP contribution >= 0.6 is 11.8 Å². The first-order valence-corrected chi connectivity index (χ1v) is 8.15. The van der Waals surface area contributed by atoms with Crippen LogP contribution in [0.15, 0.2) is 29.2 Å². The van der Waals surface area contributed by atoms with E-state index in [0.717, 1.165) is 23.6 Å². The van der Waals surface area contributed by atoms with E-state index in [1.807, 2.05) is 43.0 Å². The zero-order valence-corrected chi connectivity index (χ0v) is 13.7. The van der Waals surface area contributed by atoms with Crippen molar-refractivity contribution >= 4 is 17.7 Å². The lowest BCUT2D eigenvalue weighted by Crippen LogP contribution is -2.36. The summed E-state index contributed by atoms with van der Waals surface area (Å²) in [4.78, 5) is 15.1. The van der Waals surface area contributed by atoms with E-state index < -0.39 is 5.60 Å². The Morgan fingerprint density at radius 1 is 1.52 bits per heavy atom. The summed E-state index contributed by atoms with van der Waals surface area (Å²) in [7, 11) is 1.63. The topological polar surface area (TPSA) is 49.8 Å². The first-order valence-electron chi connectivity index (χ1n) is 7.17. The molecule has 1 aliphatic heterocycles. The Morgan fingerprint density at radius 2 is 2.29 bits per heavy atom. The molecule has 1 aromatic rings. The number of methoxy groups -OCH3 is 1. The maximum Gasteiger partial charge on any atom is 0.232 e. The van der Waals surface area contributed by atoms with Gasteiger partial charge in [-0.25, -0.2) is 0 Å². The zero-order chi connectivity index (χ0) is 15.5. The summed E-state index contributed by atoms with van der Waals surface area (Å²) in [6.07, 6.45) is 0.874. The highest BCUT2D eigenvalue weighted by Gasteiger charge is 2.35. The molecule has 0 bridgehead atoms. The van der Waals surface area contributed by atoms with E-state index in [9.17, 15) is 9.90 Å². The van der Waals surface area contributed by atoms with Gasteiger partial charge >= 0.3 is 0 Å². The molecule has 1 fully saturated rings. The fourth-order valence-electron chi connectivity index (χ4n) is 2.49. The molecule has 1 saturated heterocycles. The normalized spacial score (nSPS) is 18.9. The SMILES string of the molecule is COc1cccc(SCC(=O)N2CCC(C(C)(C)O)C2)c1. The Hall–Kier alpha value is -1.20. The fraction of sp³-hybridized carbons (Fsp3) is 0.562. The number of aliphatic hydroxyl groups is 1. The standard InChI is InChI=1S/C16H23NO3S/c1-16(2,19)12-7-8-17(10-12)15(18)11-21-14-6-4-5-13(9-14)20-3/h4-6,9,12,19H,7-8,10-11H2,1-3H3. The molecule has 0 aliphatic carbocycles. The van der Waals surface area contributed by atoms with E-state index >= 15 is 0 Å². The van der Waals surface area contributed by atoms with E-state index in [4.69, 9.17) is 4.74 Å². The lowest BCUT2D eigenvalue weighted by atomic mass is 9.90. The van der Waals surface area contributed by atoms with Crippen LogP contribution < -0.4 is 4.74 Å². The second kappa shape index (κ2) is 6.71. The quantitative estimate of drug-likeness (QED) is 0.849. The molecular weight excluding hydrogens is 286 g/mol. The first-order chi connectivity index (χ1) is 9.90. The highest BCUT2D eigenvalue weighted by molar-refractivity contribution is 8.00. The molecule has 21 heavy (non-hydrogen) atoms. The Labute approximate surface area is 130 Å². The molecular formula is C16H23NO3S. The molecule has 1 N–H and O–H groups in total. The molecule has 0 aromatic heterocycles. The van der Waals surface area contributed by atoms with Gasteiger partial charge in [0.2, 0.25) is 5.91 Å². The van der Waals surface area contributed by atoms with Gasteiger partial charge < -0.3 is 14.7 Å². The molecule has 1 unspecified atom stereocenters. The molecule has 1 heterocycles. The molecule has 1 aromatic carbocycles. The van der Waals surface area contributed by atoms with Gasteiger partial charge in [0.05, 0.1) is 18.5 Å². The second-order valence-corrected chi connectivity index (χ2v) is 7.00. The monoisotopic (exact) mass is 309 g/mol. The highest BCUT2D eigenvalue weighted by Crippen LogP contribution is 2.28. The van der Waals surface area contributed by atoms with Crippen molar-refractivity contribution in [2.24, 2.45) is 5.92 Å². The minimum absolute atomic E-state index is 0.134. The van der Waals surface area contributed by atoms with Gasteiger partial charge in [-0.15, -0.1) is 11.8 Å².